The summed E-state index contributed by atoms with van der Waals surface area (Å²) < 4.78 is 3.80. The van der Waals surface area contributed by atoms with Gasteiger partial charge in [-0.3, -0.25) is 0 Å². The normalized spacial score (nSPS) is 12.9. The van der Waals surface area contributed by atoms with Crippen molar-refractivity contribution in [1.29, 1.82) is 0 Å². The van der Waals surface area contributed by atoms with Gasteiger partial charge in [0.1, 0.15) is 5.82 Å². The van der Waals surface area contributed by atoms with Crippen molar-refractivity contribution in [3.05, 3.63) is 36.4 Å². The molecule has 0 aliphatic rings. The quantitative estimate of drug-likeness (QED) is 0.830. The van der Waals surface area contributed by atoms with Crippen LogP contribution in [0.5, 0.6) is 0 Å². The molecule has 16 heavy (non-hydrogen) atoms. The van der Waals surface area contributed by atoms with Crippen molar-refractivity contribution in [1.82, 2.24) is 19.1 Å². The van der Waals surface area contributed by atoms with Crippen LogP contribution < -0.4 is 0 Å². The van der Waals surface area contributed by atoms with Crippen molar-refractivity contribution in [3.63, 3.8) is 0 Å². The van der Waals surface area contributed by atoms with Gasteiger partial charge in [0.25, 0.3) is 0 Å². The van der Waals surface area contributed by atoms with Crippen LogP contribution in [0.1, 0.15) is 24.0 Å². The van der Waals surface area contributed by atoms with Gasteiger partial charge in [-0.1, -0.05) is 0 Å². The topological polar surface area (TPSA) is 55.9 Å². The van der Waals surface area contributed by atoms with Crippen molar-refractivity contribution >= 4 is 0 Å². The molecule has 0 amide bonds. The second-order valence-electron chi connectivity index (χ2n) is 3.94. The molecule has 0 saturated heterocycles. The number of hydrogen-bond acceptors (Lipinski definition) is 3. The predicted octanol–water partition coefficient (Wildman–Crippen LogP) is 0.820. The van der Waals surface area contributed by atoms with Crippen LogP contribution in [0.2, 0.25) is 0 Å². The zero-order valence-corrected chi connectivity index (χ0v) is 9.54. The molecule has 5 heteroatoms. The van der Waals surface area contributed by atoms with E-state index in [2.05, 4.69) is 9.97 Å². The Morgan fingerprint density at radius 3 is 2.75 bits per heavy atom. The molecule has 2 heterocycles. The molecule has 0 radical (unpaired) electrons. The Hall–Kier alpha value is -1.62. The summed E-state index contributed by atoms with van der Waals surface area (Å²) >= 11 is 0. The Kier molecular flexibility index (Phi) is 3.05. The second kappa shape index (κ2) is 4.49. The van der Waals surface area contributed by atoms with E-state index in [9.17, 15) is 5.11 Å². The molecule has 2 aromatic heterocycles. The Bertz CT molecular complexity index is 460. The number of aliphatic hydroxyl groups excluding tert-OH is 1. The summed E-state index contributed by atoms with van der Waals surface area (Å²) in [5.41, 5.74) is 0.842. The maximum atomic E-state index is 9.98. The molecular weight excluding hydrogens is 204 g/mol. The van der Waals surface area contributed by atoms with Gasteiger partial charge >= 0.3 is 0 Å². The van der Waals surface area contributed by atoms with E-state index in [1.54, 1.807) is 18.7 Å². The number of aliphatic hydroxyl groups is 1. The Labute approximate surface area is 94.4 Å². The van der Waals surface area contributed by atoms with E-state index >= 15 is 0 Å². The highest BCUT2D eigenvalue weighted by atomic mass is 16.3. The van der Waals surface area contributed by atoms with Crippen LogP contribution in [0.25, 0.3) is 0 Å². The zero-order chi connectivity index (χ0) is 11.5. The van der Waals surface area contributed by atoms with Gasteiger partial charge in [-0.25, -0.2) is 9.97 Å². The highest BCUT2D eigenvalue weighted by molar-refractivity contribution is 5.03. The molecular formula is C11H16N4O. The summed E-state index contributed by atoms with van der Waals surface area (Å²) in [4.78, 5) is 8.21. The molecule has 2 rings (SSSR count). The van der Waals surface area contributed by atoms with Crippen LogP contribution in [-0.4, -0.2) is 24.2 Å². The average molecular weight is 220 g/mol. The minimum absolute atomic E-state index is 0.482. The van der Waals surface area contributed by atoms with E-state index in [-0.39, 0.29) is 0 Å². The van der Waals surface area contributed by atoms with Gasteiger partial charge in [-0.15, -0.1) is 0 Å². The summed E-state index contributed by atoms with van der Waals surface area (Å²) in [6.07, 6.45) is 8.00. The summed E-state index contributed by atoms with van der Waals surface area (Å²) in [7, 11) is 3.84. The summed E-state index contributed by atoms with van der Waals surface area (Å²) in [6.45, 7) is 0. The lowest BCUT2D eigenvalue weighted by Crippen LogP contribution is -2.06. The molecule has 0 bridgehead atoms. The molecule has 0 spiro atoms. The lowest BCUT2D eigenvalue weighted by atomic mass is 10.1. The van der Waals surface area contributed by atoms with Gasteiger partial charge < -0.3 is 14.2 Å². The van der Waals surface area contributed by atoms with Crippen molar-refractivity contribution in [3.8, 4) is 0 Å². The summed E-state index contributed by atoms with van der Waals surface area (Å²) in [5, 5.41) is 9.98. The molecule has 0 aliphatic heterocycles. The summed E-state index contributed by atoms with van der Waals surface area (Å²) in [6, 6.07) is 0. The number of imidazole rings is 2. The van der Waals surface area contributed by atoms with Crippen LogP contribution in [-0.2, 0) is 20.5 Å². The fraction of sp³-hybridized carbons (Fsp3) is 0.455. The van der Waals surface area contributed by atoms with Crippen molar-refractivity contribution < 1.29 is 5.11 Å². The fourth-order valence-corrected chi connectivity index (χ4v) is 1.74. The second-order valence-corrected chi connectivity index (χ2v) is 3.94. The van der Waals surface area contributed by atoms with E-state index in [1.807, 2.05) is 29.4 Å². The number of nitrogens with zero attached hydrogens (tertiary/aromatic N) is 4. The van der Waals surface area contributed by atoms with Crippen molar-refractivity contribution in [2.45, 2.75) is 18.9 Å². The van der Waals surface area contributed by atoms with Crippen LogP contribution in [0.15, 0.2) is 24.9 Å². The molecule has 0 aliphatic carbocycles. The van der Waals surface area contributed by atoms with E-state index in [1.165, 1.54) is 0 Å². The van der Waals surface area contributed by atoms with Crippen LogP contribution in [0, 0.1) is 0 Å². The SMILES string of the molecule is Cn1cncc1C(O)CCc1nccn1C. The van der Waals surface area contributed by atoms with E-state index < -0.39 is 6.10 Å². The number of aryl methyl sites for hydroxylation is 3. The van der Waals surface area contributed by atoms with Crippen molar-refractivity contribution in [2.24, 2.45) is 14.1 Å². The van der Waals surface area contributed by atoms with Crippen LogP contribution in [0.3, 0.4) is 0 Å². The van der Waals surface area contributed by atoms with Crippen LogP contribution >= 0.6 is 0 Å². The fourth-order valence-electron chi connectivity index (χ4n) is 1.74. The molecule has 0 fully saturated rings. The lowest BCUT2D eigenvalue weighted by molar-refractivity contribution is 0.158. The number of hydrogen-bond donors (Lipinski definition) is 1. The highest BCUT2D eigenvalue weighted by Gasteiger charge is 2.12. The monoisotopic (exact) mass is 220 g/mol. The van der Waals surface area contributed by atoms with E-state index in [0.29, 0.717) is 6.42 Å². The van der Waals surface area contributed by atoms with Crippen LogP contribution in [0.4, 0.5) is 0 Å². The number of rotatable bonds is 4. The minimum atomic E-state index is -0.482. The maximum absolute atomic E-state index is 9.98. The molecule has 1 atom stereocenters. The van der Waals surface area contributed by atoms with Crippen molar-refractivity contribution in [2.75, 3.05) is 0 Å². The molecule has 1 unspecified atom stereocenters. The van der Waals surface area contributed by atoms with Gasteiger partial charge in [0.05, 0.1) is 24.3 Å². The third kappa shape index (κ3) is 2.14. The molecule has 0 saturated carbocycles. The van der Waals surface area contributed by atoms with E-state index in [4.69, 9.17) is 0 Å². The maximum Gasteiger partial charge on any atom is 0.108 e. The molecule has 0 aromatic carbocycles. The molecule has 86 valence electrons. The minimum Gasteiger partial charge on any atom is -0.387 e. The first-order valence-electron chi connectivity index (χ1n) is 5.29. The third-order valence-corrected chi connectivity index (χ3v) is 2.76. The van der Waals surface area contributed by atoms with Gasteiger partial charge in [-0.2, -0.15) is 0 Å². The molecule has 2 aromatic rings. The zero-order valence-electron chi connectivity index (χ0n) is 9.54. The lowest BCUT2D eigenvalue weighted by Gasteiger charge is -2.10. The first-order chi connectivity index (χ1) is 7.68. The standard InChI is InChI=1S/C11H16N4O/c1-14-6-5-13-11(14)4-3-10(16)9-7-12-8-15(9)2/h5-8,10,16H,3-4H2,1-2H3. The van der Waals surface area contributed by atoms with Gasteiger partial charge in [0.2, 0.25) is 0 Å². The molecule has 5 nitrogen and oxygen atoms in total. The first-order valence-corrected chi connectivity index (χ1v) is 5.29. The Morgan fingerprint density at radius 1 is 1.38 bits per heavy atom. The number of aromatic nitrogens is 4. The smallest absolute Gasteiger partial charge is 0.108 e. The van der Waals surface area contributed by atoms with Gasteiger partial charge in [-0.05, 0) is 6.42 Å². The largest absolute Gasteiger partial charge is 0.387 e. The predicted molar refractivity (Wildman–Crippen MR) is 59.7 cm³/mol. The van der Waals surface area contributed by atoms with Gasteiger partial charge in [0.15, 0.2) is 0 Å². The third-order valence-electron chi connectivity index (χ3n) is 2.76. The Balaban J connectivity index is 1.97. The highest BCUT2D eigenvalue weighted by Crippen LogP contribution is 2.17. The average Bonchev–Trinajstić information content (AvgIpc) is 2.84. The summed E-state index contributed by atoms with van der Waals surface area (Å²) in [5.74, 6) is 0.987. The molecule has 1 N–H and O–H groups in total. The van der Waals surface area contributed by atoms with E-state index in [0.717, 1.165) is 17.9 Å². The van der Waals surface area contributed by atoms with Gasteiger partial charge in [0, 0.05) is 32.9 Å². The first kappa shape index (κ1) is 10.9. The Morgan fingerprint density at radius 2 is 2.19 bits per heavy atom.